The normalized spacial score (nSPS) is 10.3. The molecule has 4 nitrogen and oxygen atoms in total. The molecule has 2 aromatic rings. The summed E-state index contributed by atoms with van der Waals surface area (Å²) in [6, 6.07) is 8.82. The Labute approximate surface area is 153 Å². The number of ether oxygens (including phenoxy) is 1. The molecule has 0 bridgehead atoms. The molecule has 0 fully saturated rings. The number of anilines is 1. The van der Waals surface area contributed by atoms with Crippen LogP contribution >= 0.6 is 43.5 Å². The highest BCUT2D eigenvalue weighted by Crippen LogP contribution is 2.25. The van der Waals surface area contributed by atoms with Crippen LogP contribution < -0.4 is 5.32 Å². The van der Waals surface area contributed by atoms with Gasteiger partial charge in [0.05, 0.1) is 16.3 Å². The summed E-state index contributed by atoms with van der Waals surface area (Å²) in [6.45, 7) is -0.555. The van der Waals surface area contributed by atoms with Crippen LogP contribution in [0.5, 0.6) is 0 Å². The fraction of sp³-hybridized carbons (Fsp3) is 0.0667. The zero-order chi connectivity index (χ0) is 17.0. The van der Waals surface area contributed by atoms with Crippen molar-refractivity contribution in [3.05, 3.63) is 61.7 Å². The molecule has 0 saturated carbocycles. The van der Waals surface area contributed by atoms with Crippen LogP contribution in [-0.4, -0.2) is 18.5 Å². The molecule has 0 aliphatic rings. The van der Waals surface area contributed by atoms with Crippen LogP contribution in [0.3, 0.4) is 0 Å². The molecule has 0 saturated heterocycles. The number of carbonyl (C=O) groups excluding carboxylic acids is 2. The van der Waals surface area contributed by atoms with Crippen molar-refractivity contribution < 1.29 is 18.7 Å². The summed E-state index contributed by atoms with van der Waals surface area (Å²) in [5.41, 5.74) is 0.133. The van der Waals surface area contributed by atoms with Crippen LogP contribution in [0.2, 0.25) is 5.02 Å². The molecule has 120 valence electrons. The van der Waals surface area contributed by atoms with Crippen molar-refractivity contribution in [2.24, 2.45) is 0 Å². The van der Waals surface area contributed by atoms with E-state index in [2.05, 4.69) is 37.2 Å². The number of amides is 1. The van der Waals surface area contributed by atoms with Crippen molar-refractivity contribution in [2.75, 3.05) is 11.9 Å². The maximum absolute atomic E-state index is 13.6. The first-order chi connectivity index (χ1) is 10.9. The Hall–Kier alpha value is -1.44. The van der Waals surface area contributed by atoms with Gasteiger partial charge in [0.1, 0.15) is 5.82 Å². The first-order valence-electron chi connectivity index (χ1n) is 6.24. The Morgan fingerprint density at radius 1 is 1.13 bits per heavy atom. The second-order valence-corrected chi connectivity index (χ2v) is 6.61. The van der Waals surface area contributed by atoms with E-state index in [1.54, 1.807) is 18.2 Å². The van der Waals surface area contributed by atoms with Gasteiger partial charge in [-0.3, -0.25) is 4.79 Å². The highest BCUT2D eigenvalue weighted by Gasteiger charge is 2.15. The van der Waals surface area contributed by atoms with Crippen molar-refractivity contribution in [3.63, 3.8) is 0 Å². The van der Waals surface area contributed by atoms with Crippen molar-refractivity contribution in [2.45, 2.75) is 0 Å². The van der Waals surface area contributed by atoms with Gasteiger partial charge in [-0.15, -0.1) is 0 Å². The Kier molecular flexibility index (Phi) is 6.15. The minimum Gasteiger partial charge on any atom is -0.452 e. The maximum atomic E-state index is 13.6. The van der Waals surface area contributed by atoms with Crippen LogP contribution in [0.4, 0.5) is 10.1 Å². The molecular formula is C15H9Br2ClFNO3. The molecule has 23 heavy (non-hydrogen) atoms. The number of nitrogens with one attached hydrogen (secondary N) is 1. The minimum atomic E-state index is -0.924. The fourth-order valence-electron chi connectivity index (χ4n) is 1.64. The summed E-state index contributed by atoms with van der Waals surface area (Å²) in [5, 5.41) is 2.83. The lowest BCUT2D eigenvalue weighted by Crippen LogP contribution is -2.21. The highest BCUT2D eigenvalue weighted by atomic mass is 79.9. The lowest BCUT2D eigenvalue weighted by atomic mass is 10.2. The average molecular weight is 466 g/mol. The molecule has 0 unspecified atom stereocenters. The van der Waals surface area contributed by atoms with Gasteiger partial charge in [-0.25, -0.2) is 9.18 Å². The molecule has 0 aromatic heterocycles. The predicted octanol–water partition coefficient (Wildman–Crippen LogP) is 4.80. The Balaban J connectivity index is 1.94. The first-order valence-corrected chi connectivity index (χ1v) is 8.20. The van der Waals surface area contributed by atoms with Gasteiger partial charge in [-0.05, 0) is 36.4 Å². The van der Waals surface area contributed by atoms with Crippen molar-refractivity contribution >= 4 is 61.0 Å². The summed E-state index contributed by atoms with van der Waals surface area (Å²) in [7, 11) is 0. The van der Waals surface area contributed by atoms with Gasteiger partial charge in [0.2, 0.25) is 0 Å². The van der Waals surface area contributed by atoms with Crippen LogP contribution in [0.25, 0.3) is 0 Å². The van der Waals surface area contributed by atoms with Gasteiger partial charge in [-0.2, -0.15) is 0 Å². The van der Waals surface area contributed by atoms with Crippen molar-refractivity contribution in [1.82, 2.24) is 0 Å². The van der Waals surface area contributed by atoms with Crippen LogP contribution in [0.1, 0.15) is 10.4 Å². The van der Waals surface area contributed by atoms with Gasteiger partial charge < -0.3 is 10.1 Å². The Morgan fingerprint density at radius 2 is 1.78 bits per heavy atom. The lowest BCUT2D eigenvalue weighted by molar-refractivity contribution is -0.119. The molecule has 0 aliphatic heterocycles. The number of carbonyl (C=O) groups is 2. The highest BCUT2D eigenvalue weighted by molar-refractivity contribution is 9.10. The van der Waals surface area contributed by atoms with Gasteiger partial charge in [0.15, 0.2) is 6.61 Å². The number of halogens is 4. The Morgan fingerprint density at radius 3 is 2.43 bits per heavy atom. The number of esters is 1. The standard InChI is InChI=1S/C15H9Br2ClFNO3/c16-8-2-4-13(11(18)5-8)20-14(21)7-23-15(22)10-3-1-9(17)6-12(10)19/h1-6H,7H2,(H,20,21). The van der Waals surface area contributed by atoms with Crippen molar-refractivity contribution in [1.29, 1.82) is 0 Å². The molecule has 2 aromatic carbocycles. The molecule has 0 aliphatic carbocycles. The van der Waals surface area contributed by atoms with Gasteiger partial charge in [0, 0.05) is 8.95 Å². The second kappa shape index (κ2) is 7.90. The first kappa shape index (κ1) is 17.9. The lowest BCUT2D eigenvalue weighted by Gasteiger charge is -2.09. The molecule has 0 radical (unpaired) electrons. The summed E-state index contributed by atoms with van der Waals surface area (Å²) in [4.78, 5) is 23.5. The third kappa shape index (κ3) is 5.02. The predicted molar refractivity (Wildman–Crippen MR) is 92.2 cm³/mol. The molecule has 0 spiro atoms. The molecule has 1 amide bonds. The summed E-state index contributed by atoms with van der Waals surface area (Å²) in [6.07, 6.45) is 0. The SMILES string of the molecule is O=C(COC(=O)c1ccc(Br)cc1F)Nc1ccc(Br)cc1Cl. The van der Waals surface area contributed by atoms with Gasteiger partial charge >= 0.3 is 5.97 Å². The third-order valence-corrected chi connectivity index (χ3v) is 3.99. The largest absolute Gasteiger partial charge is 0.452 e. The molecule has 1 N–H and O–H groups in total. The average Bonchev–Trinajstić information content (AvgIpc) is 2.48. The molecule has 8 heteroatoms. The second-order valence-electron chi connectivity index (χ2n) is 4.37. The van der Waals surface area contributed by atoms with E-state index in [1.807, 2.05) is 0 Å². The molecule has 2 rings (SSSR count). The van der Waals surface area contributed by atoms with E-state index >= 15 is 0 Å². The third-order valence-electron chi connectivity index (χ3n) is 2.69. The van der Waals surface area contributed by atoms with E-state index in [4.69, 9.17) is 16.3 Å². The quantitative estimate of drug-likeness (QED) is 0.660. The fourth-order valence-corrected chi connectivity index (χ4v) is 2.69. The number of rotatable bonds is 4. The molecular weight excluding hydrogens is 456 g/mol. The molecule has 0 heterocycles. The van der Waals surface area contributed by atoms with Crippen LogP contribution in [-0.2, 0) is 9.53 Å². The van der Waals surface area contributed by atoms with Crippen LogP contribution in [0.15, 0.2) is 45.3 Å². The zero-order valence-corrected chi connectivity index (χ0v) is 15.3. The monoisotopic (exact) mass is 463 g/mol. The van der Waals surface area contributed by atoms with E-state index in [9.17, 15) is 14.0 Å². The zero-order valence-electron chi connectivity index (χ0n) is 11.4. The number of hydrogen-bond acceptors (Lipinski definition) is 3. The van der Waals surface area contributed by atoms with E-state index in [0.717, 1.165) is 10.5 Å². The topological polar surface area (TPSA) is 55.4 Å². The maximum Gasteiger partial charge on any atom is 0.341 e. The smallest absolute Gasteiger partial charge is 0.341 e. The summed E-state index contributed by atoms with van der Waals surface area (Å²) in [5.74, 6) is -2.24. The number of benzene rings is 2. The van der Waals surface area contributed by atoms with E-state index in [-0.39, 0.29) is 5.56 Å². The summed E-state index contributed by atoms with van der Waals surface area (Å²) < 4.78 is 19.7. The van der Waals surface area contributed by atoms with E-state index in [1.165, 1.54) is 12.1 Å². The number of hydrogen-bond donors (Lipinski definition) is 1. The van der Waals surface area contributed by atoms with Crippen molar-refractivity contribution in [3.8, 4) is 0 Å². The Bertz CT molecular complexity index is 770. The summed E-state index contributed by atoms with van der Waals surface area (Å²) >= 11 is 12.3. The van der Waals surface area contributed by atoms with Crippen LogP contribution in [0, 0.1) is 5.82 Å². The molecule has 0 atom stereocenters. The van der Waals surface area contributed by atoms with E-state index in [0.29, 0.717) is 15.2 Å². The van der Waals surface area contributed by atoms with E-state index < -0.39 is 24.3 Å². The minimum absolute atomic E-state index is 0.248. The van der Waals surface area contributed by atoms with Gasteiger partial charge in [0.25, 0.3) is 5.91 Å². The van der Waals surface area contributed by atoms with Gasteiger partial charge in [-0.1, -0.05) is 43.5 Å².